The minimum Gasteiger partial charge on any atom is -0.434 e. The number of ether oxygens (including phenoxy) is 2. The van der Waals surface area contributed by atoms with Crippen molar-refractivity contribution in [2.24, 2.45) is 5.41 Å². The number of hydrogen-bond acceptors (Lipinski definition) is 3. The molecule has 0 amide bonds. The highest BCUT2D eigenvalue weighted by molar-refractivity contribution is 5.60. The fourth-order valence-corrected chi connectivity index (χ4v) is 1.07. The summed E-state index contributed by atoms with van der Waals surface area (Å²) < 4.78 is 10.1. The van der Waals surface area contributed by atoms with Gasteiger partial charge < -0.3 is 9.47 Å². The van der Waals surface area contributed by atoms with E-state index in [1.165, 1.54) is 0 Å². The summed E-state index contributed by atoms with van der Waals surface area (Å²) in [5.74, 6) is 0. The van der Waals surface area contributed by atoms with E-state index < -0.39 is 6.16 Å². The Morgan fingerprint density at radius 2 is 1.73 bits per heavy atom. The molecule has 0 aromatic rings. The van der Waals surface area contributed by atoms with Crippen molar-refractivity contribution in [3.05, 3.63) is 0 Å². The summed E-state index contributed by atoms with van der Waals surface area (Å²) in [5, 5.41) is 0. The lowest BCUT2D eigenvalue weighted by Gasteiger charge is -2.18. The van der Waals surface area contributed by atoms with Gasteiger partial charge >= 0.3 is 6.16 Å². The topological polar surface area (TPSA) is 35.5 Å². The summed E-state index contributed by atoms with van der Waals surface area (Å²) in [6.45, 7) is 10.8. The summed E-state index contributed by atoms with van der Waals surface area (Å²) in [6, 6.07) is 0. The normalized spacial score (nSPS) is 11.6. The van der Waals surface area contributed by atoms with E-state index in [0.717, 1.165) is 19.3 Å². The summed E-state index contributed by atoms with van der Waals surface area (Å²) in [6.07, 6.45) is 1.99. The maximum Gasteiger partial charge on any atom is 0.508 e. The molecule has 0 unspecified atom stereocenters. The van der Waals surface area contributed by atoms with E-state index in [2.05, 4.69) is 20.8 Å². The van der Waals surface area contributed by atoms with E-state index in [0.29, 0.717) is 6.61 Å². The first kappa shape index (κ1) is 14.3. The third-order valence-electron chi connectivity index (χ3n) is 2.25. The summed E-state index contributed by atoms with van der Waals surface area (Å²) in [5.41, 5.74) is 0.190. The SMILES string of the molecule is CCC(CC)OC(=O)OCCC(C)(C)C. The maximum absolute atomic E-state index is 11.2. The van der Waals surface area contributed by atoms with Gasteiger partial charge in [-0.1, -0.05) is 34.6 Å². The van der Waals surface area contributed by atoms with Gasteiger partial charge in [-0.15, -0.1) is 0 Å². The molecule has 15 heavy (non-hydrogen) atoms. The first-order valence-electron chi connectivity index (χ1n) is 5.72. The lowest BCUT2D eigenvalue weighted by atomic mass is 9.93. The second-order valence-corrected chi connectivity index (χ2v) is 4.97. The monoisotopic (exact) mass is 216 g/mol. The van der Waals surface area contributed by atoms with Gasteiger partial charge in [0, 0.05) is 0 Å². The minimum absolute atomic E-state index is 0.00728. The van der Waals surface area contributed by atoms with Gasteiger partial charge in [0.15, 0.2) is 0 Å². The molecule has 0 bridgehead atoms. The van der Waals surface area contributed by atoms with Crippen LogP contribution >= 0.6 is 0 Å². The van der Waals surface area contributed by atoms with Crippen LogP contribution in [0.2, 0.25) is 0 Å². The zero-order valence-corrected chi connectivity index (χ0v) is 10.6. The molecule has 0 aromatic heterocycles. The number of rotatable bonds is 5. The molecule has 3 heteroatoms. The standard InChI is InChI=1S/C12H24O3/c1-6-10(7-2)15-11(13)14-9-8-12(3,4)5/h10H,6-9H2,1-5H3. The van der Waals surface area contributed by atoms with E-state index in [-0.39, 0.29) is 11.5 Å². The van der Waals surface area contributed by atoms with Crippen molar-refractivity contribution in [2.45, 2.75) is 60.0 Å². The predicted molar refractivity (Wildman–Crippen MR) is 60.9 cm³/mol. The van der Waals surface area contributed by atoms with Crippen molar-refractivity contribution in [1.29, 1.82) is 0 Å². The molecule has 0 aromatic carbocycles. The molecule has 0 rings (SSSR count). The van der Waals surface area contributed by atoms with Crippen LogP contribution in [0.4, 0.5) is 4.79 Å². The summed E-state index contributed by atoms with van der Waals surface area (Å²) in [7, 11) is 0. The summed E-state index contributed by atoms with van der Waals surface area (Å²) in [4.78, 5) is 11.2. The second kappa shape index (κ2) is 6.70. The second-order valence-electron chi connectivity index (χ2n) is 4.97. The highest BCUT2D eigenvalue weighted by Crippen LogP contribution is 2.18. The molecule has 3 nitrogen and oxygen atoms in total. The molecule has 0 aliphatic heterocycles. The van der Waals surface area contributed by atoms with Crippen LogP contribution in [0.25, 0.3) is 0 Å². The van der Waals surface area contributed by atoms with Gasteiger partial charge in [0.05, 0.1) is 6.61 Å². The van der Waals surface area contributed by atoms with Crippen LogP contribution in [0.15, 0.2) is 0 Å². The smallest absolute Gasteiger partial charge is 0.434 e. The summed E-state index contributed by atoms with van der Waals surface area (Å²) >= 11 is 0. The Labute approximate surface area is 93.1 Å². The fraction of sp³-hybridized carbons (Fsp3) is 0.917. The molecule has 0 atom stereocenters. The molecule has 0 spiro atoms. The first-order valence-corrected chi connectivity index (χ1v) is 5.72. The molecule has 0 aliphatic rings. The van der Waals surface area contributed by atoms with Crippen LogP contribution in [0.3, 0.4) is 0 Å². The van der Waals surface area contributed by atoms with Crippen molar-refractivity contribution in [1.82, 2.24) is 0 Å². The number of carbonyl (C=O) groups is 1. The van der Waals surface area contributed by atoms with Gasteiger partial charge in [0.1, 0.15) is 6.10 Å². The van der Waals surface area contributed by atoms with Gasteiger partial charge in [-0.2, -0.15) is 0 Å². The van der Waals surface area contributed by atoms with Crippen LogP contribution in [-0.2, 0) is 9.47 Å². The van der Waals surface area contributed by atoms with Gasteiger partial charge in [-0.05, 0) is 24.7 Å². The third kappa shape index (κ3) is 8.28. The molecule has 0 N–H and O–H groups in total. The zero-order valence-electron chi connectivity index (χ0n) is 10.6. The van der Waals surface area contributed by atoms with Crippen LogP contribution < -0.4 is 0 Å². The van der Waals surface area contributed by atoms with Gasteiger partial charge in [-0.3, -0.25) is 0 Å². The Balaban J connectivity index is 3.66. The zero-order chi connectivity index (χ0) is 11.9. The van der Waals surface area contributed by atoms with Crippen LogP contribution in [-0.4, -0.2) is 18.9 Å². The highest BCUT2D eigenvalue weighted by atomic mass is 16.7. The molecule has 0 saturated carbocycles. The van der Waals surface area contributed by atoms with Gasteiger partial charge in [0.2, 0.25) is 0 Å². The van der Waals surface area contributed by atoms with Crippen LogP contribution in [0.5, 0.6) is 0 Å². The lowest BCUT2D eigenvalue weighted by Crippen LogP contribution is -2.19. The Kier molecular flexibility index (Phi) is 6.37. The Bertz CT molecular complexity index is 178. The Morgan fingerprint density at radius 3 is 2.13 bits per heavy atom. The molecule has 90 valence electrons. The first-order chi connectivity index (χ1) is 6.89. The number of hydrogen-bond donors (Lipinski definition) is 0. The van der Waals surface area contributed by atoms with Crippen molar-refractivity contribution < 1.29 is 14.3 Å². The largest absolute Gasteiger partial charge is 0.508 e. The van der Waals surface area contributed by atoms with Gasteiger partial charge in [0.25, 0.3) is 0 Å². The van der Waals surface area contributed by atoms with Crippen molar-refractivity contribution in [2.75, 3.05) is 6.61 Å². The molecule has 0 heterocycles. The predicted octanol–water partition coefficient (Wildman–Crippen LogP) is 3.76. The Hall–Kier alpha value is -0.730. The van der Waals surface area contributed by atoms with E-state index in [1.807, 2.05) is 13.8 Å². The third-order valence-corrected chi connectivity index (χ3v) is 2.25. The fourth-order valence-electron chi connectivity index (χ4n) is 1.07. The van der Waals surface area contributed by atoms with Crippen LogP contribution in [0, 0.1) is 5.41 Å². The molecular weight excluding hydrogens is 192 g/mol. The van der Waals surface area contributed by atoms with Crippen molar-refractivity contribution in [3.8, 4) is 0 Å². The highest BCUT2D eigenvalue weighted by Gasteiger charge is 2.14. The minimum atomic E-state index is -0.534. The van der Waals surface area contributed by atoms with E-state index in [4.69, 9.17) is 9.47 Å². The quantitative estimate of drug-likeness (QED) is 0.656. The number of carbonyl (C=O) groups excluding carboxylic acids is 1. The van der Waals surface area contributed by atoms with Crippen molar-refractivity contribution >= 4 is 6.16 Å². The average molecular weight is 216 g/mol. The van der Waals surface area contributed by atoms with Gasteiger partial charge in [-0.25, -0.2) is 4.79 Å². The molecule has 0 fully saturated rings. The lowest BCUT2D eigenvalue weighted by molar-refractivity contribution is 0.0164. The molecule has 0 radical (unpaired) electrons. The van der Waals surface area contributed by atoms with E-state index in [9.17, 15) is 4.79 Å². The molecular formula is C12H24O3. The van der Waals surface area contributed by atoms with Crippen molar-refractivity contribution in [3.63, 3.8) is 0 Å². The molecule has 0 saturated heterocycles. The van der Waals surface area contributed by atoms with Crippen LogP contribution in [0.1, 0.15) is 53.9 Å². The maximum atomic E-state index is 11.2. The van der Waals surface area contributed by atoms with E-state index >= 15 is 0 Å². The average Bonchev–Trinajstić information content (AvgIpc) is 2.12. The van der Waals surface area contributed by atoms with E-state index in [1.54, 1.807) is 0 Å². The Morgan fingerprint density at radius 1 is 1.20 bits per heavy atom. The molecule has 0 aliphatic carbocycles.